The van der Waals surface area contributed by atoms with Crippen LogP contribution in [0.15, 0.2) is 0 Å². The second-order valence-corrected chi connectivity index (χ2v) is 27.6. The van der Waals surface area contributed by atoms with Crippen molar-refractivity contribution < 1.29 is 80.2 Å². The summed E-state index contributed by atoms with van der Waals surface area (Å²) >= 11 is 0. The Hall–Kier alpha value is -1.94. The van der Waals surface area contributed by atoms with E-state index < -0.39 is 97.5 Å². The van der Waals surface area contributed by atoms with E-state index in [-0.39, 0.29) is 25.7 Å². The van der Waals surface area contributed by atoms with Crippen molar-refractivity contribution in [1.82, 2.24) is 0 Å². The number of aliphatic hydroxyl groups is 1. The zero-order valence-electron chi connectivity index (χ0n) is 54.4. The number of aliphatic hydroxyl groups excluding tert-OH is 1. The van der Waals surface area contributed by atoms with Gasteiger partial charge in [0, 0.05) is 25.7 Å². The van der Waals surface area contributed by atoms with Crippen LogP contribution in [0.25, 0.3) is 0 Å². The smallest absolute Gasteiger partial charge is 0.462 e. The zero-order chi connectivity index (χ0) is 62.4. The molecule has 0 aromatic heterocycles. The van der Waals surface area contributed by atoms with Crippen LogP contribution in [0.3, 0.4) is 0 Å². The monoisotopic (exact) mass is 1240 g/mol. The second kappa shape index (κ2) is 56.3. The Morgan fingerprint density at radius 2 is 0.607 bits per heavy atom. The molecule has 0 amide bonds. The van der Waals surface area contributed by atoms with Gasteiger partial charge in [0.15, 0.2) is 12.2 Å². The first-order chi connectivity index (χ1) is 40.3. The average molecular weight is 1240 g/mol. The molecule has 0 aromatic rings. The van der Waals surface area contributed by atoms with Gasteiger partial charge in [-0.05, 0) is 43.4 Å². The Bertz CT molecular complexity index is 1670. The number of hydrogen-bond acceptors (Lipinski definition) is 15. The molecule has 0 heterocycles. The first kappa shape index (κ1) is 82.1. The van der Waals surface area contributed by atoms with Crippen LogP contribution in [-0.4, -0.2) is 96.7 Å². The topological polar surface area (TPSA) is 237 Å². The molecular weight excluding hydrogens is 1110 g/mol. The second-order valence-electron chi connectivity index (χ2n) is 24.7. The van der Waals surface area contributed by atoms with Crippen LogP contribution < -0.4 is 0 Å². The molecule has 84 heavy (non-hydrogen) atoms. The molecule has 0 spiro atoms. The summed E-state index contributed by atoms with van der Waals surface area (Å²) in [5, 5.41) is 10.5. The minimum atomic E-state index is -4.95. The van der Waals surface area contributed by atoms with E-state index in [1.165, 1.54) is 116 Å². The first-order valence-electron chi connectivity index (χ1n) is 33.9. The van der Waals surface area contributed by atoms with Crippen molar-refractivity contribution in [3.63, 3.8) is 0 Å². The van der Waals surface area contributed by atoms with Gasteiger partial charge in [0.1, 0.15) is 19.3 Å². The number of carbonyl (C=O) groups is 4. The van der Waals surface area contributed by atoms with Crippen LogP contribution >= 0.6 is 15.6 Å². The molecule has 0 saturated carbocycles. The van der Waals surface area contributed by atoms with Gasteiger partial charge >= 0.3 is 39.5 Å². The van der Waals surface area contributed by atoms with Crippen molar-refractivity contribution in [3.05, 3.63) is 0 Å². The van der Waals surface area contributed by atoms with Gasteiger partial charge in [-0.25, -0.2) is 9.13 Å². The third-order valence-electron chi connectivity index (χ3n) is 15.2. The normalized spacial score (nSPS) is 14.7. The largest absolute Gasteiger partial charge is 0.472 e. The van der Waals surface area contributed by atoms with E-state index in [0.717, 1.165) is 109 Å². The van der Waals surface area contributed by atoms with Gasteiger partial charge in [0.2, 0.25) is 0 Å². The summed E-state index contributed by atoms with van der Waals surface area (Å²) in [5.74, 6) is -0.00517. The summed E-state index contributed by atoms with van der Waals surface area (Å²) in [7, 11) is -9.89. The number of rotatable bonds is 63. The molecule has 0 fully saturated rings. The van der Waals surface area contributed by atoms with Crippen molar-refractivity contribution in [1.29, 1.82) is 0 Å². The van der Waals surface area contributed by atoms with Gasteiger partial charge in [-0.1, -0.05) is 267 Å². The summed E-state index contributed by atoms with van der Waals surface area (Å²) in [4.78, 5) is 72.2. The lowest BCUT2D eigenvalue weighted by Gasteiger charge is -2.21. The molecule has 0 rings (SSSR count). The highest BCUT2D eigenvalue weighted by atomic mass is 31.2. The molecule has 0 aliphatic heterocycles. The van der Waals surface area contributed by atoms with Crippen molar-refractivity contribution in [2.75, 3.05) is 39.6 Å². The van der Waals surface area contributed by atoms with Crippen LogP contribution in [0.5, 0.6) is 0 Å². The van der Waals surface area contributed by atoms with Crippen molar-refractivity contribution in [2.45, 2.75) is 336 Å². The lowest BCUT2D eigenvalue weighted by molar-refractivity contribution is -0.161. The highest BCUT2D eigenvalue weighted by Gasteiger charge is 2.30. The first-order valence-corrected chi connectivity index (χ1v) is 36.9. The predicted molar refractivity (Wildman–Crippen MR) is 335 cm³/mol. The van der Waals surface area contributed by atoms with Gasteiger partial charge < -0.3 is 33.8 Å². The van der Waals surface area contributed by atoms with Crippen molar-refractivity contribution in [2.24, 2.45) is 17.8 Å². The molecule has 0 aliphatic carbocycles. The van der Waals surface area contributed by atoms with E-state index >= 15 is 0 Å². The highest BCUT2D eigenvalue weighted by molar-refractivity contribution is 7.47. The molecule has 0 aliphatic rings. The summed E-state index contributed by atoms with van der Waals surface area (Å²) in [6, 6.07) is 0. The third kappa shape index (κ3) is 57.8. The molecule has 0 bridgehead atoms. The molecule has 498 valence electrons. The van der Waals surface area contributed by atoms with Crippen molar-refractivity contribution >= 4 is 39.5 Å². The van der Waals surface area contributed by atoms with E-state index in [4.69, 9.17) is 37.0 Å². The fourth-order valence-electron chi connectivity index (χ4n) is 9.62. The maximum absolute atomic E-state index is 13.0. The fraction of sp³-hybridized carbons (Fsp3) is 0.938. The zero-order valence-corrected chi connectivity index (χ0v) is 56.1. The quantitative estimate of drug-likeness (QED) is 0.0222. The van der Waals surface area contributed by atoms with Gasteiger partial charge in [-0.2, -0.15) is 0 Å². The van der Waals surface area contributed by atoms with Crippen LogP contribution in [-0.2, 0) is 65.4 Å². The van der Waals surface area contributed by atoms with E-state index in [9.17, 15) is 43.2 Å². The number of phosphoric ester groups is 2. The van der Waals surface area contributed by atoms with Crippen molar-refractivity contribution in [3.8, 4) is 0 Å². The molecule has 6 atom stereocenters. The Kier molecular flexibility index (Phi) is 55.0. The summed E-state index contributed by atoms with van der Waals surface area (Å²) in [5.41, 5.74) is 0. The SMILES string of the molecule is CCCCCCCCCCCCCCCCC(=O)O[C@H](COC(=O)CCCCCCCCCC(C)C)COP(=O)(O)OC[C@@H](O)COP(=O)(O)OC[C@@H](COC(=O)CCCCCCCCC(C)CC)OC(=O)CCCCCCCCCC(C)C. The van der Waals surface area contributed by atoms with E-state index in [1.807, 2.05) is 0 Å². The van der Waals surface area contributed by atoms with E-state index in [2.05, 4.69) is 48.5 Å². The number of phosphoric acid groups is 2. The average Bonchev–Trinajstić information content (AvgIpc) is 3.49. The van der Waals surface area contributed by atoms with Crippen LogP contribution in [0.1, 0.15) is 318 Å². The lowest BCUT2D eigenvalue weighted by Crippen LogP contribution is -2.30. The van der Waals surface area contributed by atoms with E-state index in [1.54, 1.807) is 0 Å². The molecule has 19 heteroatoms. The van der Waals surface area contributed by atoms with Gasteiger partial charge in [-0.3, -0.25) is 37.3 Å². The highest BCUT2D eigenvalue weighted by Crippen LogP contribution is 2.45. The number of hydrogen-bond donors (Lipinski definition) is 3. The number of ether oxygens (including phenoxy) is 4. The van der Waals surface area contributed by atoms with Crippen LogP contribution in [0, 0.1) is 17.8 Å². The Balaban J connectivity index is 5.25. The molecule has 3 unspecified atom stereocenters. The summed E-state index contributed by atoms with van der Waals surface area (Å²) < 4.78 is 68.0. The minimum absolute atomic E-state index is 0.102. The van der Waals surface area contributed by atoms with Gasteiger partial charge in [0.05, 0.1) is 26.4 Å². The fourth-order valence-corrected chi connectivity index (χ4v) is 11.2. The standard InChI is InChI=1S/C65H126O17P2/c1-8-10-11-12-13-14-15-16-17-18-19-24-34-41-48-64(69)81-60(52-75-62(67)46-39-32-25-20-22-29-36-43-56(3)4)54-79-83(71,72)77-50-59(66)51-78-84(73,74)80-55-61(82-65(70)49-42-35-26-21-23-30-37-44-57(5)6)53-76-63(68)47-40-33-28-27-31-38-45-58(7)9-2/h56-61,66H,8-55H2,1-7H3,(H,71,72)(H,73,74)/t58?,59-,60-,61-/m1/s1. The molecule has 17 nitrogen and oxygen atoms in total. The maximum atomic E-state index is 13.0. The van der Waals surface area contributed by atoms with Gasteiger partial charge in [-0.15, -0.1) is 0 Å². The number of unbranched alkanes of at least 4 members (excludes halogenated alkanes) is 30. The summed E-state index contributed by atoms with van der Waals surface area (Å²) in [6.45, 7) is 11.6. The minimum Gasteiger partial charge on any atom is -0.462 e. The van der Waals surface area contributed by atoms with E-state index in [0.29, 0.717) is 37.5 Å². The molecule has 0 saturated heterocycles. The lowest BCUT2D eigenvalue weighted by atomic mass is 10.00. The predicted octanol–water partition coefficient (Wildman–Crippen LogP) is 17.9. The molecular formula is C65H126O17P2. The molecule has 0 aromatic carbocycles. The summed E-state index contributed by atoms with van der Waals surface area (Å²) in [6.07, 6.45) is 37.7. The maximum Gasteiger partial charge on any atom is 0.472 e. The Morgan fingerprint density at radius 3 is 0.905 bits per heavy atom. The Morgan fingerprint density at radius 1 is 0.345 bits per heavy atom. The number of carbonyl (C=O) groups excluding carboxylic acids is 4. The molecule has 0 radical (unpaired) electrons. The third-order valence-corrected chi connectivity index (χ3v) is 17.1. The number of esters is 4. The van der Waals surface area contributed by atoms with Crippen LogP contribution in [0.4, 0.5) is 0 Å². The van der Waals surface area contributed by atoms with Crippen LogP contribution in [0.2, 0.25) is 0 Å². The molecule has 3 N–H and O–H groups in total. The van der Waals surface area contributed by atoms with Gasteiger partial charge in [0.25, 0.3) is 0 Å². The Labute approximate surface area is 511 Å².